The highest BCUT2D eigenvalue weighted by molar-refractivity contribution is 5.97. The van der Waals surface area contributed by atoms with Gasteiger partial charge in [0, 0.05) is 30.9 Å². The summed E-state index contributed by atoms with van der Waals surface area (Å²) in [4.78, 5) is 26.2. The standard InChI is InChI=1S/C19H22N2O5/c1-10-2-3-12-16-13(18(24)14(19(25)26)9-21(10)16)8-15(23)17(12)20-6-4-11(22)5-7-20/h8-11,22-23H,2-7H2,1H3,(H,25,26). The second kappa shape index (κ2) is 6.02. The molecule has 1 aromatic heterocycles. The highest BCUT2D eigenvalue weighted by atomic mass is 16.4. The van der Waals surface area contributed by atoms with Crippen LogP contribution in [0.4, 0.5) is 5.69 Å². The van der Waals surface area contributed by atoms with Crippen molar-refractivity contribution in [3.05, 3.63) is 33.6 Å². The SMILES string of the molecule is CC1CCc2c(N3CCC(O)CC3)c(O)cc3c(=O)c(C(=O)O)cn1c23. The molecule has 0 amide bonds. The van der Waals surface area contributed by atoms with Crippen LogP contribution >= 0.6 is 0 Å². The van der Waals surface area contributed by atoms with Gasteiger partial charge in [-0.25, -0.2) is 4.79 Å². The second-order valence-corrected chi connectivity index (χ2v) is 7.31. The fourth-order valence-electron chi connectivity index (χ4n) is 4.25. The molecule has 0 aliphatic carbocycles. The van der Waals surface area contributed by atoms with E-state index in [1.165, 1.54) is 12.3 Å². The summed E-state index contributed by atoms with van der Waals surface area (Å²) in [5.41, 5.74) is 1.49. The first kappa shape index (κ1) is 16.9. The maximum absolute atomic E-state index is 12.7. The van der Waals surface area contributed by atoms with Gasteiger partial charge in [-0.1, -0.05) is 0 Å². The first-order chi connectivity index (χ1) is 12.4. The van der Waals surface area contributed by atoms with Crippen molar-refractivity contribution in [2.45, 2.75) is 44.8 Å². The Labute approximate surface area is 150 Å². The van der Waals surface area contributed by atoms with E-state index in [-0.39, 0.29) is 28.8 Å². The van der Waals surface area contributed by atoms with Gasteiger partial charge < -0.3 is 24.8 Å². The third-order valence-corrected chi connectivity index (χ3v) is 5.66. The van der Waals surface area contributed by atoms with E-state index < -0.39 is 11.4 Å². The van der Waals surface area contributed by atoms with E-state index in [1.807, 2.05) is 11.5 Å². The number of aromatic carboxylic acids is 1. The summed E-state index contributed by atoms with van der Waals surface area (Å²) in [6.07, 6.45) is 3.90. The average Bonchev–Trinajstić information content (AvgIpc) is 2.60. The quantitative estimate of drug-likeness (QED) is 0.757. The van der Waals surface area contributed by atoms with Gasteiger partial charge in [-0.05, 0) is 38.7 Å². The molecule has 26 heavy (non-hydrogen) atoms. The van der Waals surface area contributed by atoms with Crippen molar-refractivity contribution in [3.8, 4) is 5.75 Å². The molecule has 0 saturated carbocycles. The third-order valence-electron chi connectivity index (χ3n) is 5.66. The number of rotatable bonds is 2. The first-order valence-electron chi connectivity index (χ1n) is 8.98. The molecule has 1 atom stereocenters. The molecule has 1 fully saturated rings. The fourth-order valence-corrected chi connectivity index (χ4v) is 4.25. The number of carbonyl (C=O) groups is 1. The van der Waals surface area contributed by atoms with Crippen molar-refractivity contribution in [1.29, 1.82) is 0 Å². The van der Waals surface area contributed by atoms with Crippen LogP contribution in [-0.2, 0) is 6.42 Å². The van der Waals surface area contributed by atoms with Gasteiger partial charge in [0.25, 0.3) is 0 Å². The number of piperidine rings is 1. The van der Waals surface area contributed by atoms with E-state index in [0.29, 0.717) is 38.0 Å². The van der Waals surface area contributed by atoms with Crippen LogP contribution in [0.3, 0.4) is 0 Å². The lowest BCUT2D eigenvalue weighted by Gasteiger charge is -2.36. The predicted molar refractivity (Wildman–Crippen MR) is 97.3 cm³/mol. The number of aliphatic hydroxyl groups excluding tert-OH is 1. The zero-order valence-electron chi connectivity index (χ0n) is 14.6. The van der Waals surface area contributed by atoms with Crippen LogP contribution in [0.2, 0.25) is 0 Å². The fraction of sp³-hybridized carbons (Fsp3) is 0.474. The first-order valence-corrected chi connectivity index (χ1v) is 8.98. The molecule has 2 aliphatic heterocycles. The molecule has 0 radical (unpaired) electrons. The summed E-state index contributed by atoms with van der Waals surface area (Å²) in [6, 6.07) is 1.48. The summed E-state index contributed by atoms with van der Waals surface area (Å²) in [5, 5.41) is 30.1. The molecule has 1 aromatic carbocycles. The van der Waals surface area contributed by atoms with Gasteiger partial charge in [0.15, 0.2) is 0 Å². The minimum absolute atomic E-state index is 0.00429. The molecule has 7 nitrogen and oxygen atoms in total. The van der Waals surface area contributed by atoms with Crippen LogP contribution in [0.25, 0.3) is 10.9 Å². The lowest BCUT2D eigenvalue weighted by atomic mass is 9.92. The normalized spacial score (nSPS) is 20.5. The number of hydrogen-bond donors (Lipinski definition) is 3. The number of benzene rings is 1. The molecule has 1 unspecified atom stereocenters. The van der Waals surface area contributed by atoms with Gasteiger partial charge in [-0.3, -0.25) is 4.79 Å². The van der Waals surface area contributed by atoms with Crippen molar-refractivity contribution < 1.29 is 20.1 Å². The Kier molecular flexibility index (Phi) is 3.91. The molecule has 7 heteroatoms. The van der Waals surface area contributed by atoms with Gasteiger partial charge in [-0.2, -0.15) is 0 Å². The molecule has 0 spiro atoms. The Morgan fingerprint density at radius 2 is 1.92 bits per heavy atom. The molecule has 1 saturated heterocycles. The lowest BCUT2D eigenvalue weighted by Crippen LogP contribution is -2.37. The highest BCUT2D eigenvalue weighted by Crippen LogP contribution is 2.42. The number of aromatic hydroxyl groups is 1. The monoisotopic (exact) mass is 358 g/mol. The summed E-state index contributed by atoms with van der Waals surface area (Å²) in [6.45, 7) is 3.28. The molecule has 3 heterocycles. The van der Waals surface area contributed by atoms with Crippen molar-refractivity contribution >= 4 is 22.6 Å². The molecular formula is C19H22N2O5. The van der Waals surface area contributed by atoms with E-state index in [4.69, 9.17) is 0 Å². The number of carboxylic acids is 1. The summed E-state index contributed by atoms with van der Waals surface area (Å²) in [5.74, 6) is -1.25. The molecule has 2 aromatic rings. The molecule has 3 N–H and O–H groups in total. The Morgan fingerprint density at radius 1 is 1.23 bits per heavy atom. The molecule has 0 bridgehead atoms. The number of anilines is 1. The van der Waals surface area contributed by atoms with E-state index >= 15 is 0 Å². The van der Waals surface area contributed by atoms with E-state index in [1.54, 1.807) is 0 Å². The average molecular weight is 358 g/mol. The number of aryl methyl sites for hydroxylation is 1. The van der Waals surface area contributed by atoms with Crippen LogP contribution in [-0.4, -0.2) is 45.0 Å². The van der Waals surface area contributed by atoms with E-state index in [9.17, 15) is 24.9 Å². The summed E-state index contributed by atoms with van der Waals surface area (Å²) < 4.78 is 1.86. The summed E-state index contributed by atoms with van der Waals surface area (Å²) >= 11 is 0. The van der Waals surface area contributed by atoms with E-state index in [2.05, 4.69) is 4.90 Å². The molecule has 4 rings (SSSR count). The van der Waals surface area contributed by atoms with Crippen molar-refractivity contribution in [2.24, 2.45) is 0 Å². The molecule has 138 valence electrons. The number of phenolic OH excluding ortho intramolecular Hbond substituents is 1. The van der Waals surface area contributed by atoms with Crippen molar-refractivity contribution in [3.63, 3.8) is 0 Å². The number of nitrogens with zero attached hydrogens (tertiary/aromatic N) is 2. The zero-order chi connectivity index (χ0) is 18.6. The Balaban J connectivity index is 2.00. The largest absolute Gasteiger partial charge is 0.506 e. The lowest BCUT2D eigenvalue weighted by molar-refractivity contribution is 0.0694. The maximum atomic E-state index is 12.7. The van der Waals surface area contributed by atoms with Crippen LogP contribution in [0.15, 0.2) is 17.1 Å². The van der Waals surface area contributed by atoms with E-state index in [0.717, 1.165) is 17.5 Å². The number of hydrogen-bond acceptors (Lipinski definition) is 5. The number of aromatic nitrogens is 1. The van der Waals surface area contributed by atoms with Gasteiger partial charge in [0.05, 0.1) is 22.7 Å². The third kappa shape index (κ3) is 2.46. The van der Waals surface area contributed by atoms with Crippen molar-refractivity contribution in [2.75, 3.05) is 18.0 Å². The number of aliphatic hydroxyl groups is 1. The minimum Gasteiger partial charge on any atom is -0.506 e. The maximum Gasteiger partial charge on any atom is 0.341 e. The smallest absolute Gasteiger partial charge is 0.341 e. The van der Waals surface area contributed by atoms with Crippen LogP contribution < -0.4 is 10.3 Å². The Morgan fingerprint density at radius 3 is 2.58 bits per heavy atom. The topological polar surface area (TPSA) is 103 Å². The van der Waals surface area contributed by atoms with Gasteiger partial charge in [-0.15, -0.1) is 0 Å². The van der Waals surface area contributed by atoms with Crippen LogP contribution in [0, 0.1) is 0 Å². The zero-order valence-corrected chi connectivity index (χ0v) is 14.6. The van der Waals surface area contributed by atoms with Crippen molar-refractivity contribution in [1.82, 2.24) is 4.57 Å². The predicted octanol–water partition coefficient (Wildman–Crippen LogP) is 1.87. The van der Waals surface area contributed by atoms with Gasteiger partial charge in [0.1, 0.15) is 11.3 Å². The second-order valence-electron chi connectivity index (χ2n) is 7.31. The highest BCUT2D eigenvalue weighted by Gasteiger charge is 2.29. The summed E-state index contributed by atoms with van der Waals surface area (Å²) in [7, 11) is 0. The Bertz CT molecular complexity index is 957. The Hall–Kier alpha value is -2.54. The van der Waals surface area contributed by atoms with Gasteiger partial charge in [0.2, 0.25) is 5.43 Å². The molecule has 2 aliphatic rings. The number of pyridine rings is 1. The number of carboxylic acid groups (broad SMARTS) is 1. The minimum atomic E-state index is -1.26. The molecular weight excluding hydrogens is 336 g/mol. The number of phenols is 1. The van der Waals surface area contributed by atoms with Crippen LogP contribution in [0.1, 0.15) is 48.1 Å². The van der Waals surface area contributed by atoms with Crippen LogP contribution in [0.5, 0.6) is 5.75 Å². The van der Waals surface area contributed by atoms with Gasteiger partial charge >= 0.3 is 5.97 Å².